The van der Waals surface area contributed by atoms with E-state index in [1.54, 1.807) is 0 Å². The third kappa shape index (κ3) is 4.07. The van der Waals surface area contributed by atoms with E-state index in [1.807, 2.05) is 37.7 Å². The summed E-state index contributed by atoms with van der Waals surface area (Å²) in [5.74, 6) is 6.21. The molecule has 106 valence electrons. The van der Waals surface area contributed by atoms with Crippen molar-refractivity contribution in [3.05, 3.63) is 12.3 Å². The number of hydrogen-bond donors (Lipinski definition) is 0. The van der Waals surface area contributed by atoms with Crippen LogP contribution in [0.25, 0.3) is 0 Å². The first-order chi connectivity index (χ1) is 8.70. The van der Waals surface area contributed by atoms with Crippen LogP contribution in [-0.4, -0.2) is 54.5 Å². The molecule has 0 bridgehead atoms. The first-order valence-corrected chi connectivity index (χ1v) is 6.50. The van der Waals surface area contributed by atoms with Crippen LogP contribution < -0.4 is 0 Å². The zero-order valence-electron chi connectivity index (χ0n) is 12.3. The van der Waals surface area contributed by atoms with Crippen LogP contribution in [0.3, 0.4) is 0 Å². The van der Waals surface area contributed by atoms with Gasteiger partial charge in [-0.15, -0.1) is 0 Å². The third-order valence-corrected chi connectivity index (χ3v) is 3.82. The van der Waals surface area contributed by atoms with Gasteiger partial charge < -0.3 is 4.90 Å². The average Bonchev–Trinajstić information content (AvgIpc) is 2.37. The second kappa shape index (κ2) is 5.75. The number of allylic oxidation sites excluding steroid dienone is 1. The summed E-state index contributed by atoms with van der Waals surface area (Å²) in [7, 11) is 3.94. The fourth-order valence-corrected chi connectivity index (χ4v) is 1.68. The minimum absolute atomic E-state index is 0.217. The molecule has 4 heteroatoms. The highest BCUT2D eigenvalue weighted by Crippen LogP contribution is 2.25. The molecule has 0 saturated carbocycles. The number of hydrogen-bond acceptors (Lipinski definition) is 3. The van der Waals surface area contributed by atoms with Gasteiger partial charge in [-0.3, -0.25) is 9.69 Å². The minimum Gasteiger partial charge on any atom is -0.365 e. The number of alkyl halides is 1. The van der Waals surface area contributed by atoms with Gasteiger partial charge in [-0.1, -0.05) is 12.5 Å². The summed E-state index contributed by atoms with van der Waals surface area (Å²) in [5.41, 5.74) is -1.19. The van der Waals surface area contributed by atoms with E-state index in [-0.39, 0.29) is 18.4 Å². The van der Waals surface area contributed by atoms with E-state index < -0.39 is 5.67 Å². The molecule has 0 aliphatic carbocycles. The van der Waals surface area contributed by atoms with Crippen molar-refractivity contribution in [1.29, 1.82) is 0 Å². The second-order valence-corrected chi connectivity index (χ2v) is 5.79. The standard InChI is InChI=1S/C15H23FN2O/c1-13(6-7-14(2,3)17(4)5)18-10-8-15(16,12-19)9-11-18/h12H,1,8-11H2,2-5H3. The second-order valence-electron chi connectivity index (χ2n) is 5.79. The molecule has 0 atom stereocenters. The Labute approximate surface area is 115 Å². The maximum Gasteiger partial charge on any atom is 0.169 e. The van der Waals surface area contributed by atoms with Gasteiger partial charge >= 0.3 is 0 Å². The molecular weight excluding hydrogens is 243 g/mol. The lowest BCUT2D eigenvalue weighted by molar-refractivity contribution is -0.120. The molecule has 0 aromatic heterocycles. The van der Waals surface area contributed by atoms with Crippen LogP contribution in [0.2, 0.25) is 0 Å². The molecule has 1 fully saturated rings. The van der Waals surface area contributed by atoms with E-state index in [9.17, 15) is 9.18 Å². The van der Waals surface area contributed by atoms with Crippen LogP contribution in [0.4, 0.5) is 4.39 Å². The number of nitrogens with zero attached hydrogens (tertiary/aromatic N) is 2. The van der Waals surface area contributed by atoms with Crippen LogP contribution >= 0.6 is 0 Å². The zero-order valence-corrected chi connectivity index (χ0v) is 12.3. The Kier molecular flexibility index (Phi) is 4.75. The van der Waals surface area contributed by atoms with Gasteiger partial charge in [-0.05, 0) is 33.9 Å². The zero-order chi connectivity index (χ0) is 14.7. The fourth-order valence-electron chi connectivity index (χ4n) is 1.68. The van der Waals surface area contributed by atoms with Crippen molar-refractivity contribution in [2.24, 2.45) is 0 Å². The summed E-state index contributed by atoms with van der Waals surface area (Å²) < 4.78 is 13.8. The summed E-state index contributed by atoms with van der Waals surface area (Å²) in [6.07, 6.45) is 0.858. The monoisotopic (exact) mass is 266 g/mol. The van der Waals surface area contributed by atoms with Gasteiger partial charge in [-0.2, -0.15) is 0 Å². The quantitative estimate of drug-likeness (QED) is 0.575. The summed E-state index contributed by atoms with van der Waals surface area (Å²) in [6.45, 7) is 8.98. The summed E-state index contributed by atoms with van der Waals surface area (Å²) >= 11 is 0. The van der Waals surface area contributed by atoms with Crippen molar-refractivity contribution < 1.29 is 9.18 Å². The van der Waals surface area contributed by atoms with E-state index in [2.05, 4.69) is 18.4 Å². The highest BCUT2D eigenvalue weighted by atomic mass is 19.1. The Bertz CT molecular complexity index is 410. The number of rotatable bonds is 3. The molecule has 3 nitrogen and oxygen atoms in total. The number of halogens is 1. The van der Waals surface area contributed by atoms with E-state index in [4.69, 9.17) is 0 Å². The van der Waals surface area contributed by atoms with Crippen molar-refractivity contribution in [1.82, 2.24) is 9.80 Å². The van der Waals surface area contributed by atoms with Crippen molar-refractivity contribution >= 4 is 6.29 Å². The molecule has 0 amide bonds. The predicted octanol–water partition coefficient (Wildman–Crippen LogP) is 1.85. The highest BCUT2D eigenvalue weighted by Gasteiger charge is 2.34. The maximum atomic E-state index is 13.8. The van der Waals surface area contributed by atoms with Gasteiger partial charge in [0.25, 0.3) is 0 Å². The first-order valence-electron chi connectivity index (χ1n) is 6.50. The van der Waals surface area contributed by atoms with E-state index in [0.717, 1.165) is 0 Å². The van der Waals surface area contributed by atoms with Crippen molar-refractivity contribution in [2.75, 3.05) is 27.2 Å². The molecule has 0 aromatic rings. The van der Waals surface area contributed by atoms with Crippen LogP contribution in [0.5, 0.6) is 0 Å². The lowest BCUT2D eigenvalue weighted by atomic mass is 9.95. The van der Waals surface area contributed by atoms with Gasteiger partial charge in [0.05, 0.1) is 11.2 Å². The Morgan fingerprint density at radius 3 is 2.37 bits per heavy atom. The molecule has 1 aliphatic rings. The number of aldehydes is 1. The smallest absolute Gasteiger partial charge is 0.169 e. The molecule has 0 unspecified atom stereocenters. The largest absolute Gasteiger partial charge is 0.365 e. The van der Waals surface area contributed by atoms with E-state index >= 15 is 0 Å². The molecule has 1 aliphatic heterocycles. The van der Waals surface area contributed by atoms with Crippen LogP contribution in [0, 0.1) is 11.8 Å². The minimum atomic E-state index is -1.66. The molecule has 0 radical (unpaired) electrons. The molecule has 1 heterocycles. The number of carbonyl (C=O) groups is 1. The maximum absolute atomic E-state index is 13.8. The van der Waals surface area contributed by atoms with Crippen molar-refractivity contribution in [3.63, 3.8) is 0 Å². The van der Waals surface area contributed by atoms with E-state index in [1.165, 1.54) is 0 Å². The topological polar surface area (TPSA) is 23.6 Å². The fraction of sp³-hybridized carbons (Fsp3) is 0.667. The van der Waals surface area contributed by atoms with Crippen LogP contribution in [-0.2, 0) is 4.79 Å². The van der Waals surface area contributed by atoms with Gasteiger partial charge in [-0.25, -0.2) is 4.39 Å². The van der Waals surface area contributed by atoms with Crippen LogP contribution in [0.15, 0.2) is 12.3 Å². The molecule has 1 saturated heterocycles. The van der Waals surface area contributed by atoms with Gasteiger partial charge in [0.15, 0.2) is 12.0 Å². The Morgan fingerprint density at radius 1 is 1.42 bits per heavy atom. The third-order valence-electron chi connectivity index (χ3n) is 3.82. The van der Waals surface area contributed by atoms with Gasteiger partial charge in [0.2, 0.25) is 0 Å². The molecule has 1 rings (SSSR count). The predicted molar refractivity (Wildman–Crippen MR) is 75.4 cm³/mol. The van der Waals surface area contributed by atoms with Gasteiger partial charge in [0.1, 0.15) is 0 Å². The number of piperidine rings is 1. The lowest BCUT2D eigenvalue weighted by Crippen LogP contribution is -2.42. The Morgan fingerprint density at radius 2 is 1.95 bits per heavy atom. The normalized spacial score (nSPS) is 18.7. The van der Waals surface area contributed by atoms with E-state index in [0.29, 0.717) is 25.1 Å². The lowest BCUT2D eigenvalue weighted by Gasteiger charge is -2.34. The first kappa shape index (κ1) is 15.7. The van der Waals surface area contributed by atoms with Gasteiger partial charge in [0, 0.05) is 25.9 Å². The molecule has 0 N–H and O–H groups in total. The molecular formula is C15H23FN2O. The number of likely N-dealkylation sites (tertiary alicyclic amines) is 1. The highest BCUT2D eigenvalue weighted by molar-refractivity contribution is 5.62. The SMILES string of the molecule is C=C(C#CC(C)(C)N(C)C)N1CCC(F)(C=O)CC1. The van der Waals surface area contributed by atoms with Crippen molar-refractivity contribution in [3.8, 4) is 11.8 Å². The molecule has 0 aromatic carbocycles. The average molecular weight is 266 g/mol. The molecule has 19 heavy (non-hydrogen) atoms. The Balaban J connectivity index is 2.63. The Hall–Kier alpha value is -1.34. The summed E-state index contributed by atoms with van der Waals surface area (Å²) in [6, 6.07) is 0. The van der Waals surface area contributed by atoms with Crippen LogP contribution in [0.1, 0.15) is 26.7 Å². The summed E-state index contributed by atoms with van der Waals surface area (Å²) in [5, 5.41) is 0. The number of carbonyl (C=O) groups excluding carboxylic acids is 1. The molecule has 0 spiro atoms. The summed E-state index contributed by atoms with van der Waals surface area (Å²) in [4.78, 5) is 14.6. The van der Waals surface area contributed by atoms with Crippen molar-refractivity contribution in [2.45, 2.75) is 37.9 Å².